The Morgan fingerprint density at radius 2 is 1.92 bits per heavy atom. The summed E-state index contributed by atoms with van der Waals surface area (Å²) in [6, 6.07) is 13.8. The molecule has 0 bridgehead atoms. The number of hydrogen-bond acceptors (Lipinski definition) is 3. The summed E-state index contributed by atoms with van der Waals surface area (Å²) in [4.78, 5) is 12.8. The molecule has 25 heavy (non-hydrogen) atoms. The van der Waals surface area contributed by atoms with Crippen LogP contribution in [-0.2, 0) is 19.4 Å². The standard InChI is InChI=1S/C21H25NO3/c1-3-19(17-11-15-6-4-5-7-16(15)12-17)22-21(24)18-9-8-14(13-23)10-20(18)25-2/h4-10,17,19,23H,3,11-13H2,1-2H3,(H,22,24). The van der Waals surface area contributed by atoms with E-state index in [1.807, 2.05) is 0 Å². The first-order chi connectivity index (χ1) is 12.2. The third-order valence-electron chi connectivity index (χ3n) is 5.10. The molecule has 0 aliphatic heterocycles. The summed E-state index contributed by atoms with van der Waals surface area (Å²) in [6.07, 6.45) is 2.91. The highest BCUT2D eigenvalue weighted by atomic mass is 16.5. The van der Waals surface area contributed by atoms with Crippen molar-refractivity contribution in [3.05, 3.63) is 64.7 Å². The molecule has 1 amide bonds. The molecular formula is C21H25NO3. The van der Waals surface area contributed by atoms with Gasteiger partial charge in [-0.1, -0.05) is 37.3 Å². The van der Waals surface area contributed by atoms with Gasteiger partial charge in [0, 0.05) is 6.04 Å². The molecule has 4 heteroatoms. The molecule has 1 atom stereocenters. The van der Waals surface area contributed by atoms with Crippen LogP contribution in [0.2, 0.25) is 0 Å². The van der Waals surface area contributed by atoms with Crippen LogP contribution in [0.4, 0.5) is 0 Å². The van der Waals surface area contributed by atoms with Crippen LogP contribution in [-0.4, -0.2) is 24.2 Å². The summed E-state index contributed by atoms with van der Waals surface area (Å²) in [5.74, 6) is 0.798. The largest absolute Gasteiger partial charge is 0.496 e. The lowest BCUT2D eigenvalue weighted by Gasteiger charge is -2.24. The Balaban J connectivity index is 1.73. The van der Waals surface area contributed by atoms with Gasteiger partial charge >= 0.3 is 0 Å². The fourth-order valence-corrected chi connectivity index (χ4v) is 3.70. The summed E-state index contributed by atoms with van der Waals surface area (Å²) < 4.78 is 5.33. The fraction of sp³-hybridized carbons (Fsp3) is 0.381. The van der Waals surface area contributed by atoms with Crippen LogP contribution >= 0.6 is 0 Å². The predicted molar refractivity (Wildman–Crippen MR) is 97.8 cm³/mol. The van der Waals surface area contributed by atoms with Gasteiger partial charge in [0.2, 0.25) is 0 Å². The normalized spacial score (nSPS) is 14.8. The molecule has 1 aliphatic rings. The predicted octanol–water partition coefficient (Wildman–Crippen LogP) is 3.11. The Kier molecular flexibility index (Phi) is 5.39. The summed E-state index contributed by atoms with van der Waals surface area (Å²) in [6.45, 7) is 2.04. The van der Waals surface area contributed by atoms with Gasteiger partial charge in [-0.05, 0) is 54.0 Å². The number of nitrogens with one attached hydrogen (secondary N) is 1. The molecule has 2 aromatic carbocycles. The van der Waals surface area contributed by atoms with Gasteiger partial charge in [0.15, 0.2) is 0 Å². The second-order valence-electron chi connectivity index (χ2n) is 6.62. The molecule has 0 fully saturated rings. The van der Waals surface area contributed by atoms with Gasteiger partial charge < -0.3 is 15.2 Å². The first-order valence-corrected chi connectivity index (χ1v) is 8.81. The number of carbonyl (C=O) groups excluding carboxylic acids is 1. The Labute approximate surface area is 148 Å². The van der Waals surface area contributed by atoms with Gasteiger partial charge in [0.05, 0.1) is 19.3 Å². The first-order valence-electron chi connectivity index (χ1n) is 8.81. The lowest BCUT2D eigenvalue weighted by molar-refractivity contribution is 0.0918. The molecule has 0 saturated heterocycles. The first kappa shape index (κ1) is 17.5. The molecule has 0 saturated carbocycles. The van der Waals surface area contributed by atoms with E-state index in [2.05, 4.69) is 36.5 Å². The van der Waals surface area contributed by atoms with Crippen LogP contribution in [0.25, 0.3) is 0 Å². The maximum Gasteiger partial charge on any atom is 0.255 e. The zero-order chi connectivity index (χ0) is 17.8. The van der Waals surface area contributed by atoms with Gasteiger partial charge in [-0.15, -0.1) is 0 Å². The number of aliphatic hydroxyl groups excluding tert-OH is 1. The number of hydrogen-bond donors (Lipinski definition) is 2. The third-order valence-corrected chi connectivity index (χ3v) is 5.10. The van der Waals surface area contributed by atoms with E-state index in [0.29, 0.717) is 17.2 Å². The van der Waals surface area contributed by atoms with Crippen molar-refractivity contribution in [1.82, 2.24) is 5.32 Å². The molecule has 4 nitrogen and oxygen atoms in total. The second-order valence-corrected chi connectivity index (χ2v) is 6.62. The van der Waals surface area contributed by atoms with Crippen molar-refractivity contribution in [1.29, 1.82) is 0 Å². The van der Waals surface area contributed by atoms with Crippen molar-refractivity contribution in [3.8, 4) is 5.75 Å². The SMILES string of the molecule is CCC(NC(=O)c1ccc(CO)cc1OC)C1Cc2ccccc2C1. The second kappa shape index (κ2) is 7.70. The average Bonchev–Trinajstić information content (AvgIpc) is 3.09. The van der Waals surface area contributed by atoms with Crippen molar-refractivity contribution >= 4 is 5.91 Å². The van der Waals surface area contributed by atoms with Crippen molar-refractivity contribution in [3.63, 3.8) is 0 Å². The number of ether oxygens (including phenoxy) is 1. The number of methoxy groups -OCH3 is 1. The Hall–Kier alpha value is -2.33. The zero-order valence-corrected chi connectivity index (χ0v) is 14.8. The maximum absolute atomic E-state index is 12.8. The van der Waals surface area contributed by atoms with Crippen molar-refractivity contribution in [2.45, 2.75) is 38.8 Å². The van der Waals surface area contributed by atoms with Crippen molar-refractivity contribution in [2.24, 2.45) is 5.92 Å². The van der Waals surface area contributed by atoms with Crippen LogP contribution in [0.1, 0.15) is 40.4 Å². The minimum absolute atomic E-state index is 0.0732. The van der Waals surface area contributed by atoms with Crippen molar-refractivity contribution in [2.75, 3.05) is 7.11 Å². The number of aliphatic hydroxyl groups is 1. The van der Waals surface area contributed by atoms with E-state index in [0.717, 1.165) is 24.8 Å². The molecule has 132 valence electrons. The quantitative estimate of drug-likeness (QED) is 0.850. The van der Waals surface area contributed by atoms with E-state index < -0.39 is 0 Å². The van der Waals surface area contributed by atoms with Gasteiger partial charge in [0.25, 0.3) is 5.91 Å². The molecule has 0 radical (unpaired) electrons. The highest BCUT2D eigenvalue weighted by Gasteiger charge is 2.29. The molecular weight excluding hydrogens is 314 g/mol. The van der Waals surface area contributed by atoms with Crippen molar-refractivity contribution < 1.29 is 14.6 Å². The van der Waals surface area contributed by atoms with Crippen LogP contribution in [0.3, 0.4) is 0 Å². The minimum atomic E-state index is -0.121. The summed E-state index contributed by atoms with van der Waals surface area (Å²) in [5.41, 5.74) is 4.02. The van der Waals surface area contributed by atoms with Gasteiger partial charge in [0.1, 0.15) is 5.75 Å². The van der Waals surface area contributed by atoms with E-state index in [1.165, 1.54) is 18.2 Å². The summed E-state index contributed by atoms with van der Waals surface area (Å²) in [5, 5.41) is 12.4. The number of rotatable bonds is 6. The maximum atomic E-state index is 12.8. The zero-order valence-electron chi connectivity index (χ0n) is 14.8. The Bertz CT molecular complexity index is 732. The third kappa shape index (κ3) is 3.69. The molecule has 3 rings (SSSR count). The lowest BCUT2D eigenvalue weighted by atomic mass is 9.94. The Morgan fingerprint density at radius 1 is 1.24 bits per heavy atom. The van der Waals surface area contributed by atoms with E-state index in [4.69, 9.17) is 4.74 Å². The lowest BCUT2D eigenvalue weighted by Crippen LogP contribution is -2.40. The monoisotopic (exact) mass is 339 g/mol. The fourth-order valence-electron chi connectivity index (χ4n) is 3.70. The van der Waals surface area contributed by atoms with Crippen LogP contribution in [0.5, 0.6) is 5.75 Å². The van der Waals surface area contributed by atoms with Gasteiger partial charge in [-0.25, -0.2) is 0 Å². The molecule has 2 aromatic rings. The average molecular weight is 339 g/mol. The molecule has 1 aliphatic carbocycles. The highest BCUT2D eigenvalue weighted by molar-refractivity contribution is 5.97. The number of amides is 1. The number of carbonyl (C=O) groups is 1. The summed E-state index contributed by atoms with van der Waals surface area (Å²) in [7, 11) is 1.54. The summed E-state index contributed by atoms with van der Waals surface area (Å²) >= 11 is 0. The van der Waals surface area contributed by atoms with Gasteiger partial charge in [-0.2, -0.15) is 0 Å². The number of benzene rings is 2. The highest BCUT2D eigenvalue weighted by Crippen LogP contribution is 2.30. The van der Waals surface area contributed by atoms with Crippen LogP contribution in [0.15, 0.2) is 42.5 Å². The van der Waals surface area contributed by atoms with E-state index in [1.54, 1.807) is 18.2 Å². The Morgan fingerprint density at radius 3 is 2.48 bits per heavy atom. The van der Waals surface area contributed by atoms with Crippen LogP contribution in [0, 0.1) is 5.92 Å². The molecule has 1 unspecified atom stereocenters. The minimum Gasteiger partial charge on any atom is -0.496 e. The van der Waals surface area contributed by atoms with E-state index in [-0.39, 0.29) is 18.6 Å². The number of fused-ring (bicyclic) bond motifs is 1. The molecule has 2 N–H and O–H groups in total. The van der Waals surface area contributed by atoms with E-state index >= 15 is 0 Å². The molecule has 0 spiro atoms. The van der Waals surface area contributed by atoms with Crippen LogP contribution < -0.4 is 10.1 Å². The topological polar surface area (TPSA) is 58.6 Å². The smallest absolute Gasteiger partial charge is 0.255 e. The molecule has 0 heterocycles. The molecule has 0 aromatic heterocycles. The van der Waals surface area contributed by atoms with Gasteiger partial charge in [-0.3, -0.25) is 4.79 Å². The van der Waals surface area contributed by atoms with E-state index in [9.17, 15) is 9.90 Å².